The fourth-order valence-electron chi connectivity index (χ4n) is 13.8. The predicted molar refractivity (Wildman–Crippen MR) is 278 cm³/mol. The van der Waals surface area contributed by atoms with Gasteiger partial charge in [-0.05, 0) is 182 Å². The number of fused-ring (bicyclic) bond motifs is 15. The van der Waals surface area contributed by atoms with Gasteiger partial charge in [-0.2, -0.15) is 0 Å². The third-order valence-corrected chi connectivity index (χ3v) is 16.7. The second-order valence-corrected chi connectivity index (χ2v) is 20.4. The first-order valence-corrected chi connectivity index (χ1v) is 24.5. The molecule has 0 saturated heterocycles. The van der Waals surface area contributed by atoms with Gasteiger partial charge in [-0.3, -0.25) is 0 Å². The maximum atomic E-state index is 2.57. The van der Waals surface area contributed by atoms with Crippen LogP contribution >= 0.6 is 0 Å². The van der Waals surface area contributed by atoms with E-state index in [1.807, 2.05) is 0 Å². The third-order valence-electron chi connectivity index (χ3n) is 16.7. The molecule has 2 heteroatoms. The maximum Gasteiger partial charge on any atom is 0.0726 e. The van der Waals surface area contributed by atoms with Crippen LogP contribution < -0.4 is 9.80 Å². The number of anilines is 6. The van der Waals surface area contributed by atoms with Gasteiger partial charge in [-0.1, -0.05) is 160 Å². The second kappa shape index (κ2) is 14.5. The fraction of sp³-hybridized carbons (Fsp3) is 0.169. The molecule has 0 amide bonds. The zero-order valence-electron chi connectivity index (χ0n) is 38.2. The van der Waals surface area contributed by atoms with Crippen LogP contribution in [0.1, 0.15) is 84.4 Å². The zero-order valence-corrected chi connectivity index (χ0v) is 38.2. The number of rotatable bonds is 7. The van der Waals surface area contributed by atoms with Crippen molar-refractivity contribution in [3.05, 3.63) is 251 Å². The van der Waals surface area contributed by atoms with E-state index in [0.29, 0.717) is 5.92 Å². The molecule has 2 fully saturated rings. The molecule has 2 nitrogen and oxygen atoms in total. The first kappa shape index (κ1) is 38.8. The molecule has 0 heterocycles. The van der Waals surface area contributed by atoms with Gasteiger partial charge in [-0.15, -0.1) is 0 Å². The Kier molecular flexibility index (Phi) is 8.42. The molecule has 9 aromatic carbocycles. The van der Waals surface area contributed by atoms with Crippen LogP contribution in [0.4, 0.5) is 34.1 Å². The Hall–Kier alpha value is -7.42. The third kappa shape index (κ3) is 5.56. The highest BCUT2D eigenvalue weighted by atomic mass is 15.1. The van der Waals surface area contributed by atoms with Crippen molar-refractivity contribution in [3.8, 4) is 33.4 Å². The lowest BCUT2D eigenvalue weighted by Gasteiger charge is -2.33. The molecule has 4 unspecified atom stereocenters. The monoisotopic (exact) mass is 860 g/mol. The minimum absolute atomic E-state index is 0.111. The van der Waals surface area contributed by atoms with E-state index in [-0.39, 0.29) is 5.41 Å². The van der Waals surface area contributed by atoms with Crippen LogP contribution in [-0.2, 0) is 10.8 Å². The van der Waals surface area contributed by atoms with Crippen molar-refractivity contribution in [2.24, 2.45) is 11.8 Å². The summed E-state index contributed by atoms with van der Waals surface area (Å²) in [6.45, 7) is 4.80. The Bertz CT molecular complexity index is 3400. The fourth-order valence-corrected chi connectivity index (χ4v) is 13.8. The Morgan fingerprint density at radius 2 is 0.821 bits per heavy atom. The van der Waals surface area contributed by atoms with Gasteiger partial charge in [0.05, 0.1) is 5.41 Å². The largest absolute Gasteiger partial charge is 0.310 e. The summed E-state index contributed by atoms with van der Waals surface area (Å²) in [6.07, 6.45) is 5.51. The van der Waals surface area contributed by atoms with Crippen LogP contribution in [0.15, 0.2) is 212 Å². The van der Waals surface area contributed by atoms with Crippen LogP contribution in [0, 0.1) is 11.8 Å². The average molecular weight is 861 g/mol. The van der Waals surface area contributed by atoms with Crippen molar-refractivity contribution in [2.45, 2.75) is 56.3 Å². The molecule has 0 aromatic heterocycles. The molecule has 14 rings (SSSR count). The summed E-state index contributed by atoms with van der Waals surface area (Å²) in [5.41, 5.74) is 24.0. The van der Waals surface area contributed by atoms with Crippen molar-refractivity contribution >= 4 is 34.1 Å². The van der Waals surface area contributed by atoms with Gasteiger partial charge < -0.3 is 9.80 Å². The van der Waals surface area contributed by atoms with E-state index in [2.05, 4.69) is 236 Å². The van der Waals surface area contributed by atoms with Crippen molar-refractivity contribution in [1.82, 2.24) is 0 Å². The van der Waals surface area contributed by atoms with Gasteiger partial charge in [-0.25, -0.2) is 0 Å². The van der Waals surface area contributed by atoms with Gasteiger partial charge in [0.1, 0.15) is 0 Å². The average Bonchev–Trinajstić information content (AvgIpc) is 4.19. The molecular formula is C65H52N2. The van der Waals surface area contributed by atoms with E-state index in [0.717, 1.165) is 28.9 Å². The van der Waals surface area contributed by atoms with Gasteiger partial charge in [0.25, 0.3) is 0 Å². The molecule has 2 saturated carbocycles. The highest BCUT2D eigenvalue weighted by molar-refractivity contribution is 5.98. The molecule has 5 aliphatic carbocycles. The van der Waals surface area contributed by atoms with Crippen LogP contribution in [0.25, 0.3) is 33.4 Å². The van der Waals surface area contributed by atoms with Gasteiger partial charge in [0.2, 0.25) is 0 Å². The Balaban J connectivity index is 0.974. The lowest BCUT2D eigenvalue weighted by atomic mass is 9.70. The molecular weight excluding hydrogens is 809 g/mol. The summed E-state index contributed by atoms with van der Waals surface area (Å²) < 4.78 is 0. The van der Waals surface area contributed by atoms with Crippen LogP contribution in [0.5, 0.6) is 0 Å². The smallest absolute Gasteiger partial charge is 0.0726 e. The summed E-state index contributed by atoms with van der Waals surface area (Å²) in [6, 6.07) is 80.5. The molecule has 9 aromatic rings. The molecule has 1 spiro atoms. The molecule has 0 radical (unpaired) electrons. The van der Waals surface area contributed by atoms with E-state index < -0.39 is 5.41 Å². The lowest BCUT2D eigenvalue weighted by Crippen LogP contribution is -2.26. The number of hydrogen-bond donors (Lipinski definition) is 0. The van der Waals surface area contributed by atoms with Crippen LogP contribution in [0.2, 0.25) is 0 Å². The number of hydrogen-bond acceptors (Lipinski definition) is 2. The topological polar surface area (TPSA) is 6.48 Å². The Morgan fingerprint density at radius 3 is 1.46 bits per heavy atom. The van der Waals surface area contributed by atoms with Crippen LogP contribution in [-0.4, -0.2) is 0 Å². The van der Waals surface area contributed by atoms with Crippen molar-refractivity contribution in [3.63, 3.8) is 0 Å². The number of nitrogens with zero attached hydrogens (tertiary/aromatic N) is 2. The zero-order chi connectivity index (χ0) is 44.4. The van der Waals surface area contributed by atoms with Gasteiger partial charge >= 0.3 is 0 Å². The summed E-state index contributed by atoms with van der Waals surface area (Å²) in [5.74, 6) is 2.35. The molecule has 0 aliphatic heterocycles. The van der Waals surface area contributed by atoms with E-state index in [9.17, 15) is 0 Å². The standard InChI is InChI=1S/C65H52N2/c1-64(2)58-25-12-9-22-51(58)54-33-30-49(40-62(54)64)67(47-21-15-16-43(38-47)56-37-42-28-29-44(56)36-42)48-32-35-61-57(39-48)53-24-11-14-27-60(53)65(61)59-26-13-10-23-52(59)55-34-31-50(41-63(55)65)66(45-17-5-3-6-18-45)46-19-7-4-8-20-46/h3-27,30-35,38-42,44,56H,28-29,36-37H2,1-2H3. The summed E-state index contributed by atoms with van der Waals surface area (Å²) >= 11 is 0. The van der Waals surface area contributed by atoms with E-state index >= 15 is 0 Å². The summed E-state index contributed by atoms with van der Waals surface area (Å²) in [7, 11) is 0. The molecule has 4 atom stereocenters. The van der Waals surface area contributed by atoms with Gasteiger partial charge in [0.15, 0.2) is 0 Å². The van der Waals surface area contributed by atoms with E-state index in [4.69, 9.17) is 0 Å². The van der Waals surface area contributed by atoms with Crippen molar-refractivity contribution in [2.75, 3.05) is 9.80 Å². The molecule has 2 bridgehead atoms. The number of para-hydroxylation sites is 2. The lowest BCUT2D eigenvalue weighted by molar-refractivity contribution is 0.420. The maximum absolute atomic E-state index is 2.57. The molecule has 5 aliphatic rings. The quantitative estimate of drug-likeness (QED) is 0.158. The highest BCUT2D eigenvalue weighted by Gasteiger charge is 2.52. The van der Waals surface area contributed by atoms with E-state index in [1.54, 1.807) is 0 Å². The van der Waals surface area contributed by atoms with Crippen molar-refractivity contribution in [1.29, 1.82) is 0 Å². The van der Waals surface area contributed by atoms with Crippen molar-refractivity contribution < 1.29 is 0 Å². The minimum Gasteiger partial charge on any atom is -0.310 e. The SMILES string of the molecule is CC1(C)c2ccccc2-c2ccc(N(c3cccc(C4CC5CCC4C5)c3)c3ccc4c(c3)-c3ccccc3C43c4ccccc4-c4ccc(N(c5ccccc5)c5ccccc5)cc43)cc21. The minimum atomic E-state index is -0.499. The first-order valence-electron chi connectivity index (χ1n) is 24.5. The second-order valence-electron chi connectivity index (χ2n) is 20.4. The predicted octanol–water partition coefficient (Wildman–Crippen LogP) is 17.2. The first-order chi connectivity index (χ1) is 33.0. The van der Waals surface area contributed by atoms with Crippen LogP contribution in [0.3, 0.4) is 0 Å². The number of benzene rings is 9. The Morgan fingerprint density at radius 1 is 0.343 bits per heavy atom. The Labute approximate surface area is 394 Å². The summed E-state index contributed by atoms with van der Waals surface area (Å²) in [4.78, 5) is 4.97. The van der Waals surface area contributed by atoms with E-state index in [1.165, 1.54) is 115 Å². The van der Waals surface area contributed by atoms with Gasteiger partial charge in [0, 0.05) is 39.5 Å². The normalized spacial score (nSPS) is 20.5. The molecule has 0 N–H and O–H groups in total. The molecule has 322 valence electrons. The molecule has 67 heavy (non-hydrogen) atoms. The highest BCUT2D eigenvalue weighted by Crippen LogP contribution is 2.64. The summed E-state index contributed by atoms with van der Waals surface area (Å²) in [5, 5.41) is 0.